The summed E-state index contributed by atoms with van der Waals surface area (Å²) >= 11 is 0. The molecule has 0 bridgehead atoms. The number of nitrogens with one attached hydrogen (secondary N) is 1. The fourth-order valence-corrected chi connectivity index (χ4v) is 1.84. The molecule has 2 heteroatoms. The smallest absolute Gasteiger partial charge is 0.0580 e. The summed E-state index contributed by atoms with van der Waals surface area (Å²) in [7, 11) is 0. The molecule has 0 heterocycles. The second-order valence-electron chi connectivity index (χ2n) is 4.17. The van der Waals surface area contributed by atoms with Gasteiger partial charge in [-0.1, -0.05) is 12.0 Å². The molecule has 0 aromatic rings. The average molecular weight is 183 g/mol. The van der Waals surface area contributed by atoms with E-state index in [9.17, 15) is 5.11 Å². The van der Waals surface area contributed by atoms with Gasteiger partial charge in [-0.3, -0.25) is 0 Å². The van der Waals surface area contributed by atoms with E-state index in [2.05, 4.69) is 11.9 Å². The minimum Gasteiger partial charge on any atom is -0.393 e. The van der Waals surface area contributed by atoms with Crippen molar-refractivity contribution in [2.24, 2.45) is 5.92 Å². The van der Waals surface area contributed by atoms with Crippen LogP contribution in [0.3, 0.4) is 0 Å². The molecule has 1 fully saturated rings. The highest BCUT2D eigenvalue weighted by Gasteiger charge is 2.24. The Bertz CT molecular complexity index is 167. The molecule has 1 aliphatic carbocycles. The van der Waals surface area contributed by atoms with Crippen molar-refractivity contribution in [3.8, 4) is 0 Å². The van der Waals surface area contributed by atoms with Crippen LogP contribution < -0.4 is 5.32 Å². The van der Waals surface area contributed by atoms with E-state index in [1.54, 1.807) is 0 Å². The quantitative estimate of drug-likeness (QED) is 0.502. The third kappa shape index (κ3) is 3.92. The van der Waals surface area contributed by atoms with Crippen LogP contribution in [-0.4, -0.2) is 24.3 Å². The number of aliphatic hydroxyl groups excluding tert-OH is 1. The lowest BCUT2D eigenvalue weighted by atomic mass is 10.1. The Morgan fingerprint density at radius 3 is 2.85 bits per heavy atom. The highest BCUT2D eigenvalue weighted by atomic mass is 16.3. The maximum absolute atomic E-state index is 9.54. The van der Waals surface area contributed by atoms with E-state index in [-0.39, 0.29) is 6.10 Å². The molecular weight excluding hydrogens is 162 g/mol. The zero-order valence-electron chi connectivity index (χ0n) is 8.55. The summed E-state index contributed by atoms with van der Waals surface area (Å²) in [6.45, 7) is 7.86. The first-order chi connectivity index (χ1) is 6.20. The molecule has 0 aromatic carbocycles. The largest absolute Gasteiger partial charge is 0.393 e. The normalized spacial score (nSPS) is 27.8. The molecule has 0 amide bonds. The molecule has 0 radical (unpaired) electrons. The van der Waals surface area contributed by atoms with Gasteiger partial charge in [-0.05, 0) is 38.6 Å². The fourth-order valence-electron chi connectivity index (χ4n) is 1.84. The van der Waals surface area contributed by atoms with Gasteiger partial charge in [0.15, 0.2) is 0 Å². The zero-order chi connectivity index (χ0) is 9.68. The van der Waals surface area contributed by atoms with Gasteiger partial charge < -0.3 is 10.4 Å². The molecule has 0 spiro atoms. The third-order valence-corrected chi connectivity index (χ3v) is 2.75. The van der Waals surface area contributed by atoms with Crippen LogP contribution in [0.4, 0.5) is 0 Å². The summed E-state index contributed by atoms with van der Waals surface area (Å²) in [5, 5.41) is 12.9. The first-order valence-electron chi connectivity index (χ1n) is 5.23. The molecule has 0 aliphatic heterocycles. The maximum Gasteiger partial charge on any atom is 0.0580 e. The second kappa shape index (κ2) is 5.40. The topological polar surface area (TPSA) is 32.3 Å². The molecule has 0 saturated heterocycles. The summed E-state index contributed by atoms with van der Waals surface area (Å²) in [5.41, 5.74) is 1.22. The summed E-state index contributed by atoms with van der Waals surface area (Å²) in [6, 6.07) is 0. The lowest BCUT2D eigenvalue weighted by Gasteiger charge is -2.14. The molecule has 2 unspecified atom stereocenters. The Hall–Kier alpha value is -0.340. The van der Waals surface area contributed by atoms with Crippen LogP contribution in [0, 0.1) is 5.92 Å². The highest BCUT2D eigenvalue weighted by Crippen LogP contribution is 2.24. The molecule has 1 saturated carbocycles. The standard InChI is InChI=1S/C11H21NO/c1-9(2)6-7-12-8-10-4-3-5-11(10)13/h10-13H,1,3-8H2,2H3. The molecule has 2 N–H and O–H groups in total. The van der Waals surface area contributed by atoms with Crippen LogP contribution in [0.5, 0.6) is 0 Å². The Balaban J connectivity index is 2.02. The number of hydrogen-bond acceptors (Lipinski definition) is 2. The third-order valence-electron chi connectivity index (χ3n) is 2.75. The summed E-state index contributed by atoms with van der Waals surface area (Å²) in [4.78, 5) is 0. The van der Waals surface area contributed by atoms with E-state index in [0.717, 1.165) is 25.9 Å². The van der Waals surface area contributed by atoms with Crippen molar-refractivity contribution in [3.05, 3.63) is 12.2 Å². The van der Waals surface area contributed by atoms with E-state index in [1.165, 1.54) is 18.4 Å². The molecule has 13 heavy (non-hydrogen) atoms. The summed E-state index contributed by atoms with van der Waals surface area (Å²) in [6.07, 6.45) is 4.35. The van der Waals surface area contributed by atoms with Gasteiger partial charge in [0.1, 0.15) is 0 Å². The van der Waals surface area contributed by atoms with Gasteiger partial charge in [0.25, 0.3) is 0 Å². The lowest BCUT2D eigenvalue weighted by Crippen LogP contribution is -2.28. The van der Waals surface area contributed by atoms with Crippen molar-refractivity contribution in [1.82, 2.24) is 5.32 Å². The molecular formula is C11H21NO. The molecule has 2 nitrogen and oxygen atoms in total. The van der Waals surface area contributed by atoms with E-state index < -0.39 is 0 Å². The van der Waals surface area contributed by atoms with Gasteiger partial charge in [-0.25, -0.2) is 0 Å². The Morgan fingerprint density at radius 2 is 2.31 bits per heavy atom. The fraction of sp³-hybridized carbons (Fsp3) is 0.818. The van der Waals surface area contributed by atoms with Gasteiger partial charge >= 0.3 is 0 Å². The van der Waals surface area contributed by atoms with Gasteiger partial charge in [-0.2, -0.15) is 0 Å². The van der Waals surface area contributed by atoms with Crippen molar-refractivity contribution in [2.75, 3.05) is 13.1 Å². The number of aliphatic hydroxyl groups is 1. The van der Waals surface area contributed by atoms with Gasteiger partial charge in [0, 0.05) is 6.54 Å². The minimum atomic E-state index is -0.0580. The van der Waals surface area contributed by atoms with E-state index in [1.807, 2.05) is 6.92 Å². The molecule has 0 aromatic heterocycles. The number of hydrogen-bond donors (Lipinski definition) is 2. The van der Waals surface area contributed by atoms with Gasteiger partial charge in [0.2, 0.25) is 0 Å². The molecule has 76 valence electrons. The van der Waals surface area contributed by atoms with Crippen LogP contribution in [0.15, 0.2) is 12.2 Å². The molecule has 2 atom stereocenters. The number of rotatable bonds is 5. The van der Waals surface area contributed by atoms with Crippen LogP contribution in [0.25, 0.3) is 0 Å². The van der Waals surface area contributed by atoms with Crippen molar-refractivity contribution < 1.29 is 5.11 Å². The van der Waals surface area contributed by atoms with Crippen molar-refractivity contribution >= 4 is 0 Å². The van der Waals surface area contributed by atoms with E-state index in [0.29, 0.717) is 5.92 Å². The highest BCUT2D eigenvalue weighted by molar-refractivity contribution is 4.88. The zero-order valence-corrected chi connectivity index (χ0v) is 8.55. The molecule has 1 aliphatic rings. The molecule has 1 rings (SSSR count). The van der Waals surface area contributed by atoms with E-state index in [4.69, 9.17) is 0 Å². The van der Waals surface area contributed by atoms with Crippen molar-refractivity contribution in [2.45, 2.75) is 38.7 Å². The Labute approximate surface area is 81.0 Å². The monoisotopic (exact) mass is 183 g/mol. The van der Waals surface area contributed by atoms with Crippen molar-refractivity contribution in [1.29, 1.82) is 0 Å². The van der Waals surface area contributed by atoms with Gasteiger partial charge in [-0.15, -0.1) is 6.58 Å². The van der Waals surface area contributed by atoms with Crippen LogP contribution in [0.2, 0.25) is 0 Å². The first kappa shape index (κ1) is 10.7. The maximum atomic E-state index is 9.54. The summed E-state index contributed by atoms with van der Waals surface area (Å²) < 4.78 is 0. The average Bonchev–Trinajstić information content (AvgIpc) is 2.45. The minimum absolute atomic E-state index is 0.0580. The van der Waals surface area contributed by atoms with Crippen molar-refractivity contribution in [3.63, 3.8) is 0 Å². The first-order valence-corrected chi connectivity index (χ1v) is 5.23. The SMILES string of the molecule is C=C(C)CCNCC1CCCC1O. The van der Waals surface area contributed by atoms with Crippen LogP contribution >= 0.6 is 0 Å². The second-order valence-corrected chi connectivity index (χ2v) is 4.17. The van der Waals surface area contributed by atoms with Crippen LogP contribution in [-0.2, 0) is 0 Å². The predicted molar refractivity (Wildman–Crippen MR) is 55.6 cm³/mol. The van der Waals surface area contributed by atoms with Gasteiger partial charge in [0.05, 0.1) is 6.10 Å². The summed E-state index contributed by atoms with van der Waals surface area (Å²) in [5.74, 6) is 0.491. The van der Waals surface area contributed by atoms with Crippen LogP contribution in [0.1, 0.15) is 32.6 Å². The van der Waals surface area contributed by atoms with E-state index >= 15 is 0 Å². The Morgan fingerprint density at radius 1 is 1.54 bits per heavy atom. The predicted octanol–water partition coefficient (Wildman–Crippen LogP) is 1.70. The Kier molecular flexibility index (Phi) is 4.46. The lowest BCUT2D eigenvalue weighted by molar-refractivity contribution is 0.132.